The molecule has 0 heterocycles. The number of benzene rings is 1. The van der Waals surface area contributed by atoms with Crippen LogP contribution in [-0.4, -0.2) is 21.6 Å². The van der Waals surface area contributed by atoms with Crippen LogP contribution in [0.4, 0.5) is 11.4 Å². The van der Waals surface area contributed by atoms with E-state index in [4.69, 9.17) is 5.73 Å². The molecule has 0 saturated carbocycles. The van der Waals surface area contributed by atoms with E-state index in [0.29, 0.717) is 24.3 Å². The molecule has 5 heteroatoms. The number of hydrogen-bond acceptors (Lipinski definition) is 3. The number of carbonyl (C=O) groups is 1. The molecular weight excluding hydrogens is 272 g/mol. The average molecular weight is 296 g/mol. The summed E-state index contributed by atoms with van der Waals surface area (Å²) in [6.07, 6.45) is 3.10. The quantitative estimate of drug-likeness (QED) is 0.725. The Labute approximate surface area is 123 Å². The molecule has 1 aromatic carbocycles. The van der Waals surface area contributed by atoms with E-state index in [-0.39, 0.29) is 5.91 Å². The van der Waals surface area contributed by atoms with Crippen molar-refractivity contribution in [2.75, 3.05) is 22.6 Å². The van der Waals surface area contributed by atoms with Crippen molar-refractivity contribution in [2.45, 2.75) is 39.5 Å². The van der Waals surface area contributed by atoms with Crippen molar-refractivity contribution in [3.8, 4) is 0 Å². The fourth-order valence-electron chi connectivity index (χ4n) is 1.80. The van der Waals surface area contributed by atoms with Crippen LogP contribution in [0.1, 0.15) is 38.2 Å². The maximum Gasteiger partial charge on any atom is 0.224 e. The summed E-state index contributed by atoms with van der Waals surface area (Å²) < 4.78 is 11.6. The minimum Gasteiger partial charge on any atom is -0.398 e. The van der Waals surface area contributed by atoms with Crippen LogP contribution in [0.3, 0.4) is 0 Å². The number of hydrogen-bond donors (Lipinski definition) is 2. The van der Waals surface area contributed by atoms with Crippen molar-refractivity contribution < 1.29 is 9.00 Å². The van der Waals surface area contributed by atoms with Crippen molar-refractivity contribution in [1.82, 2.24) is 0 Å². The molecule has 0 aliphatic heterocycles. The molecule has 0 aliphatic rings. The van der Waals surface area contributed by atoms with Gasteiger partial charge < -0.3 is 11.1 Å². The van der Waals surface area contributed by atoms with Gasteiger partial charge in [-0.1, -0.05) is 19.4 Å². The van der Waals surface area contributed by atoms with Crippen LogP contribution >= 0.6 is 0 Å². The Hall–Kier alpha value is -1.36. The van der Waals surface area contributed by atoms with Crippen LogP contribution in [0.25, 0.3) is 0 Å². The highest BCUT2D eigenvalue weighted by molar-refractivity contribution is 7.84. The van der Waals surface area contributed by atoms with E-state index in [1.165, 1.54) is 0 Å². The monoisotopic (exact) mass is 296 g/mol. The molecule has 0 bridgehead atoms. The van der Waals surface area contributed by atoms with E-state index in [9.17, 15) is 9.00 Å². The fourth-order valence-corrected chi connectivity index (χ4v) is 3.08. The fraction of sp³-hybridized carbons (Fsp3) is 0.533. The molecule has 3 N–H and O–H groups in total. The van der Waals surface area contributed by atoms with Crippen molar-refractivity contribution in [3.63, 3.8) is 0 Å². The van der Waals surface area contributed by atoms with Crippen molar-refractivity contribution >= 4 is 28.1 Å². The predicted molar refractivity (Wildman–Crippen MR) is 86.2 cm³/mol. The highest BCUT2D eigenvalue weighted by atomic mass is 32.2. The van der Waals surface area contributed by atoms with Crippen molar-refractivity contribution in [1.29, 1.82) is 0 Å². The Bertz CT molecular complexity index is 475. The van der Waals surface area contributed by atoms with Gasteiger partial charge >= 0.3 is 0 Å². The van der Waals surface area contributed by atoms with E-state index in [0.717, 1.165) is 29.8 Å². The second kappa shape index (κ2) is 8.74. The van der Waals surface area contributed by atoms with Crippen LogP contribution < -0.4 is 11.1 Å². The first kappa shape index (κ1) is 16.7. The van der Waals surface area contributed by atoms with Gasteiger partial charge in [-0.05, 0) is 37.5 Å². The first-order valence-corrected chi connectivity index (χ1v) is 8.53. The smallest absolute Gasteiger partial charge is 0.224 e. The Morgan fingerprint density at radius 3 is 2.70 bits per heavy atom. The Kier molecular flexibility index (Phi) is 7.30. The lowest BCUT2D eigenvalue weighted by atomic mass is 10.1. The lowest BCUT2D eigenvalue weighted by Gasteiger charge is -2.10. The van der Waals surface area contributed by atoms with Gasteiger partial charge in [0.1, 0.15) is 0 Å². The predicted octanol–water partition coefficient (Wildman–Crippen LogP) is 2.84. The molecule has 1 amide bonds. The highest BCUT2D eigenvalue weighted by Crippen LogP contribution is 2.20. The molecule has 0 radical (unpaired) electrons. The van der Waals surface area contributed by atoms with Gasteiger partial charge in [0.2, 0.25) is 5.91 Å². The van der Waals surface area contributed by atoms with Crippen LogP contribution in [0.15, 0.2) is 18.2 Å². The minimum atomic E-state index is -0.791. The Balaban J connectivity index is 2.34. The van der Waals surface area contributed by atoms with Gasteiger partial charge in [-0.3, -0.25) is 9.00 Å². The third-order valence-electron chi connectivity index (χ3n) is 3.15. The molecule has 1 aromatic rings. The van der Waals surface area contributed by atoms with Gasteiger partial charge in [0.05, 0.1) is 0 Å². The van der Waals surface area contributed by atoms with Crippen LogP contribution in [-0.2, 0) is 15.6 Å². The van der Waals surface area contributed by atoms with Crippen molar-refractivity contribution in [2.24, 2.45) is 0 Å². The largest absolute Gasteiger partial charge is 0.398 e. The van der Waals surface area contributed by atoms with E-state index >= 15 is 0 Å². The summed E-state index contributed by atoms with van der Waals surface area (Å²) in [7, 11) is -0.791. The number of amides is 1. The molecule has 0 aromatic heterocycles. The SMILES string of the molecule is CCCCS(=O)CCCC(=O)Nc1cccc(N)c1C. The van der Waals surface area contributed by atoms with Crippen LogP contribution in [0.2, 0.25) is 0 Å². The number of anilines is 2. The third-order valence-corrected chi connectivity index (χ3v) is 4.64. The number of nitrogens with one attached hydrogen (secondary N) is 1. The number of nitrogens with two attached hydrogens (primary N) is 1. The first-order chi connectivity index (χ1) is 9.54. The molecule has 1 atom stereocenters. The third kappa shape index (κ3) is 5.74. The second-order valence-corrected chi connectivity index (χ2v) is 6.57. The highest BCUT2D eigenvalue weighted by Gasteiger charge is 2.07. The topological polar surface area (TPSA) is 72.2 Å². The maximum atomic E-state index is 11.8. The molecule has 0 spiro atoms. The van der Waals surface area contributed by atoms with Crippen LogP contribution in [0.5, 0.6) is 0 Å². The minimum absolute atomic E-state index is 0.0498. The second-order valence-electron chi connectivity index (χ2n) is 4.87. The molecule has 0 aliphatic carbocycles. The molecule has 0 saturated heterocycles. The van der Waals surface area contributed by atoms with Gasteiger partial charge in [0.15, 0.2) is 0 Å². The zero-order valence-corrected chi connectivity index (χ0v) is 13.1. The zero-order chi connectivity index (χ0) is 15.0. The maximum absolute atomic E-state index is 11.8. The molecule has 1 rings (SSSR count). The summed E-state index contributed by atoms with van der Waals surface area (Å²) in [5.74, 6) is 1.29. The van der Waals surface area contributed by atoms with Gasteiger partial charge in [-0.15, -0.1) is 0 Å². The van der Waals surface area contributed by atoms with E-state index in [1.807, 2.05) is 25.1 Å². The Morgan fingerprint density at radius 1 is 1.30 bits per heavy atom. The molecule has 20 heavy (non-hydrogen) atoms. The molecule has 112 valence electrons. The van der Waals surface area contributed by atoms with Gasteiger partial charge in [0, 0.05) is 40.1 Å². The van der Waals surface area contributed by atoms with Gasteiger partial charge in [-0.2, -0.15) is 0 Å². The average Bonchev–Trinajstić information content (AvgIpc) is 2.41. The Morgan fingerprint density at radius 2 is 2.00 bits per heavy atom. The summed E-state index contributed by atoms with van der Waals surface area (Å²) in [4.78, 5) is 11.8. The van der Waals surface area contributed by atoms with Gasteiger partial charge in [-0.25, -0.2) is 0 Å². The van der Waals surface area contributed by atoms with Crippen molar-refractivity contribution in [3.05, 3.63) is 23.8 Å². The molecular formula is C15H24N2O2S. The van der Waals surface area contributed by atoms with E-state index in [2.05, 4.69) is 12.2 Å². The summed E-state index contributed by atoms with van der Waals surface area (Å²) in [6, 6.07) is 5.46. The first-order valence-electron chi connectivity index (χ1n) is 7.04. The standard InChI is InChI=1S/C15H24N2O2S/c1-3-4-10-20(19)11-6-9-15(18)17-14-8-5-7-13(16)12(14)2/h5,7-8H,3-4,6,9-11,16H2,1-2H3,(H,17,18). The zero-order valence-electron chi connectivity index (χ0n) is 12.3. The molecule has 4 nitrogen and oxygen atoms in total. The summed E-state index contributed by atoms with van der Waals surface area (Å²) in [6.45, 7) is 3.96. The molecule has 0 fully saturated rings. The van der Waals surface area contributed by atoms with Crippen LogP contribution in [0, 0.1) is 6.92 Å². The number of carbonyl (C=O) groups excluding carboxylic acids is 1. The number of unbranched alkanes of at least 4 members (excludes halogenated alkanes) is 1. The number of nitrogen functional groups attached to an aromatic ring is 1. The summed E-state index contributed by atoms with van der Waals surface area (Å²) in [5, 5.41) is 2.85. The summed E-state index contributed by atoms with van der Waals surface area (Å²) in [5.41, 5.74) is 8.09. The normalized spacial score (nSPS) is 12.1. The molecule has 1 unspecified atom stereocenters. The van der Waals surface area contributed by atoms with E-state index < -0.39 is 10.8 Å². The van der Waals surface area contributed by atoms with Gasteiger partial charge in [0.25, 0.3) is 0 Å². The van der Waals surface area contributed by atoms with E-state index in [1.54, 1.807) is 0 Å². The lowest BCUT2D eigenvalue weighted by molar-refractivity contribution is -0.116. The lowest BCUT2D eigenvalue weighted by Crippen LogP contribution is -2.14. The summed E-state index contributed by atoms with van der Waals surface area (Å²) >= 11 is 0. The number of rotatable bonds is 8.